The molecule has 0 aromatic carbocycles. The van der Waals surface area contributed by atoms with Crippen LogP contribution in [0.4, 0.5) is 0 Å². The van der Waals surface area contributed by atoms with Crippen LogP contribution in [0.3, 0.4) is 0 Å². The molecule has 3 nitrogen and oxygen atoms in total. The minimum absolute atomic E-state index is 0.264. The summed E-state index contributed by atoms with van der Waals surface area (Å²) < 4.78 is 1.83. The largest absolute Gasteiger partial charge is 0.480 e. The fourth-order valence-electron chi connectivity index (χ4n) is 3.25. The predicted octanol–water partition coefficient (Wildman–Crippen LogP) is 2.33. The average molecular weight is 217 g/mol. The van der Waals surface area contributed by atoms with Crippen LogP contribution in [0.1, 0.15) is 18.9 Å². The Kier molecular flexibility index (Phi) is 2.13. The normalized spacial score (nSPS) is 33.1. The third-order valence-electron chi connectivity index (χ3n) is 3.94. The Morgan fingerprint density at radius 2 is 2.00 bits per heavy atom. The topological polar surface area (TPSA) is 42.2 Å². The number of carbonyl (C=O) groups is 1. The fraction of sp³-hybridized carbons (Fsp3) is 0.462. The van der Waals surface area contributed by atoms with Crippen molar-refractivity contribution >= 4 is 5.97 Å². The number of allylic oxidation sites excluding steroid dienone is 2. The summed E-state index contributed by atoms with van der Waals surface area (Å²) in [5, 5.41) is 9.39. The highest BCUT2D eigenvalue weighted by molar-refractivity contribution is 5.72. The van der Waals surface area contributed by atoms with Gasteiger partial charge in [0.15, 0.2) is 0 Å². The Bertz CT molecular complexity index is 421. The van der Waals surface area contributed by atoms with Gasteiger partial charge in [0.2, 0.25) is 0 Å². The van der Waals surface area contributed by atoms with Crippen LogP contribution in [0.15, 0.2) is 36.7 Å². The molecule has 1 heterocycles. The zero-order valence-corrected chi connectivity index (χ0v) is 8.99. The van der Waals surface area contributed by atoms with Gasteiger partial charge >= 0.3 is 5.97 Å². The molecule has 0 unspecified atom stereocenters. The van der Waals surface area contributed by atoms with Crippen molar-refractivity contribution in [3.05, 3.63) is 36.7 Å². The fourth-order valence-corrected chi connectivity index (χ4v) is 3.25. The molecule has 0 amide bonds. The summed E-state index contributed by atoms with van der Waals surface area (Å²) in [6.07, 6.45) is 10.3. The van der Waals surface area contributed by atoms with Crippen molar-refractivity contribution in [2.45, 2.75) is 18.9 Å². The molecule has 0 aliphatic heterocycles. The molecule has 3 rings (SSSR count). The molecule has 3 heteroatoms. The molecule has 0 saturated heterocycles. The number of carboxylic acids is 1. The third kappa shape index (κ3) is 1.39. The van der Waals surface area contributed by atoms with Crippen LogP contribution in [0, 0.1) is 17.8 Å². The lowest BCUT2D eigenvalue weighted by molar-refractivity contribution is -0.143. The summed E-state index contributed by atoms with van der Waals surface area (Å²) >= 11 is 0. The molecule has 2 aliphatic rings. The maximum atomic E-state index is 11.4. The number of nitrogens with zero attached hydrogens (tertiary/aromatic N) is 1. The van der Waals surface area contributed by atoms with Crippen LogP contribution in [0.25, 0.3) is 0 Å². The van der Waals surface area contributed by atoms with Crippen molar-refractivity contribution in [1.29, 1.82) is 0 Å². The molecular formula is C13H15NO2. The van der Waals surface area contributed by atoms with Gasteiger partial charge in [0, 0.05) is 12.4 Å². The third-order valence-corrected chi connectivity index (χ3v) is 3.94. The van der Waals surface area contributed by atoms with Crippen molar-refractivity contribution in [3.63, 3.8) is 0 Å². The molecule has 0 radical (unpaired) electrons. The van der Waals surface area contributed by atoms with E-state index in [0.29, 0.717) is 11.8 Å². The Balaban J connectivity index is 1.90. The Hall–Kier alpha value is -1.51. The summed E-state index contributed by atoms with van der Waals surface area (Å²) in [6.45, 7) is 0. The number of aliphatic carboxylic acids is 1. The van der Waals surface area contributed by atoms with Gasteiger partial charge in [-0.2, -0.15) is 0 Å². The molecular weight excluding hydrogens is 202 g/mol. The maximum absolute atomic E-state index is 11.4. The van der Waals surface area contributed by atoms with Gasteiger partial charge in [0.25, 0.3) is 0 Å². The first kappa shape index (κ1) is 9.70. The lowest BCUT2D eigenvalue weighted by atomic mass is 9.86. The molecule has 1 fully saturated rings. The van der Waals surface area contributed by atoms with Gasteiger partial charge in [-0.15, -0.1) is 0 Å². The van der Waals surface area contributed by atoms with Gasteiger partial charge in [0.1, 0.15) is 6.04 Å². The summed E-state index contributed by atoms with van der Waals surface area (Å²) in [7, 11) is 0. The molecule has 4 atom stereocenters. The summed E-state index contributed by atoms with van der Waals surface area (Å²) in [5.41, 5.74) is 0. The molecule has 1 aromatic heterocycles. The molecule has 2 aliphatic carbocycles. The maximum Gasteiger partial charge on any atom is 0.326 e. The van der Waals surface area contributed by atoms with Gasteiger partial charge in [-0.25, -0.2) is 4.79 Å². The number of aromatic nitrogens is 1. The zero-order chi connectivity index (χ0) is 11.1. The molecule has 1 N–H and O–H groups in total. The van der Waals surface area contributed by atoms with E-state index in [1.54, 1.807) is 0 Å². The smallest absolute Gasteiger partial charge is 0.326 e. The number of hydrogen-bond donors (Lipinski definition) is 1. The summed E-state index contributed by atoms with van der Waals surface area (Å²) in [4.78, 5) is 11.4. The molecule has 1 aromatic rings. The SMILES string of the molecule is O=C(O)[C@H]([C@H]1C[C@H]2C=C[C@H]1C2)n1cccc1. The Morgan fingerprint density at radius 3 is 2.50 bits per heavy atom. The van der Waals surface area contributed by atoms with Gasteiger partial charge in [-0.1, -0.05) is 12.2 Å². The minimum Gasteiger partial charge on any atom is -0.480 e. The van der Waals surface area contributed by atoms with E-state index in [1.807, 2.05) is 29.1 Å². The molecule has 1 saturated carbocycles. The van der Waals surface area contributed by atoms with Gasteiger partial charge in [-0.05, 0) is 42.7 Å². The van der Waals surface area contributed by atoms with E-state index in [0.717, 1.165) is 12.8 Å². The Morgan fingerprint density at radius 1 is 1.25 bits per heavy atom. The monoisotopic (exact) mass is 217 g/mol. The lowest BCUT2D eigenvalue weighted by Gasteiger charge is -2.26. The summed E-state index contributed by atoms with van der Waals surface area (Å²) in [6, 6.07) is 3.38. The van der Waals surface area contributed by atoms with Crippen molar-refractivity contribution < 1.29 is 9.90 Å². The second-order valence-electron chi connectivity index (χ2n) is 4.86. The van der Waals surface area contributed by atoms with E-state index < -0.39 is 12.0 Å². The van der Waals surface area contributed by atoms with Gasteiger partial charge < -0.3 is 9.67 Å². The van der Waals surface area contributed by atoms with E-state index in [9.17, 15) is 9.90 Å². The van der Waals surface area contributed by atoms with E-state index in [-0.39, 0.29) is 5.92 Å². The second kappa shape index (κ2) is 3.51. The van der Waals surface area contributed by atoms with Crippen molar-refractivity contribution in [2.75, 3.05) is 0 Å². The Labute approximate surface area is 94.4 Å². The van der Waals surface area contributed by atoms with E-state index >= 15 is 0 Å². The summed E-state index contributed by atoms with van der Waals surface area (Å²) in [5.74, 6) is 0.642. The minimum atomic E-state index is -0.706. The van der Waals surface area contributed by atoms with E-state index in [4.69, 9.17) is 0 Å². The predicted molar refractivity (Wildman–Crippen MR) is 59.9 cm³/mol. The number of fused-ring (bicyclic) bond motifs is 2. The van der Waals surface area contributed by atoms with E-state index in [1.165, 1.54) is 0 Å². The number of carboxylic acid groups (broad SMARTS) is 1. The van der Waals surface area contributed by atoms with Crippen molar-refractivity contribution in [3.8, 4) is 0 Å². The zero-order valence-electron chi connectivity index (χ0n) is 8.99. The van der Waals surface area contributed by atoms with Crippen LogP contribution in [-0.4, -0.2) is 15.6 Å². The number of rotatable bonds is 3. The van der Waals surface area contributed by atoms with Gasteiger partial charge in [-0.3, -0.25) is 0 Å². The van der Waals surface area contributed by atoms with E-state index in [2.05, 4.69) is 12.2 Å². The van der Waals surface area contributed by atoms with Crippen LogP contribution >= 0.6 is 0 Å². The first-order chi connectivity index (χ1) is 7.75. The molecule has 16 heavy (non-hydrogen) atoms. The lowest BCUT2D eigenvalue weighted by Crippen LogP contribution is -2.28. The molecule has 0 spiro atoms. The standard InChI is InChI=1S/C13H15NO2/c15-13(16)12(14-5-1-2-6-14)11-8-9-3-4-10(11)7-9/h1-6,9-12H,7-8H2,(H,15,16)/t9-,10-,11-,12-/m0/s1. The number of hydrogen-bond acceptors (Lipinski definition) is 1. The highest BCUT2D eigenvalue weighted by atomic mass is 16.4. The van der Waals surface area contributed by atoms with Gasteiger partial charge in [0.05, 0.1) is 0 Å². The van der Waals surface area contributed by atoms with Crippen LogP contribution in [-0.2, 0) is 4.79 Å². The average Bonchev–Trinajstić information content (AvgIpc) is 2.91. The second-order valence-corrected chi connectivity index (χ2v) is 4.86. The molecule has 2 bridgehead atoms. The first-order valence-electron chi connectivity index (χ1n) is 5.79. The van der Waals surface area contributed by atoms with Crippen molar-refractivity contribution in [2.24, 2.45) is 17.8 Å². The first-order valence-corrected chi connectivity index (χ1v) is 5.79. The van der Waals surface area contributed by atoms with Crippen LogP contribution < -0.4 is 0 Å². The molecule has 84 valence electrons. The van der Waals surface area contributed by atoms with Crippen LogP contribution in [0.2, 0.25) is 0 Å². The highest BCUT2D eigenvalue weighted by Gasteiger charge is 2.43. The van der Waals surface area contributed by atoms with Crippen LogP contribution in [0.5, 0.6) is 0 Å². The van der Waals surface area contributed by atoms with Crippen molar-refractivity contribution in [1.82, 2.24) is 4.57 Å². The highest BCUT2D eigenvalue weighted by Crippen LogP contribution is 2.48. The quantitative estimate of drug-likeness (QED) is 0.789.